The maximum absolute atomic E-state index is 12.6. The van der Waals surface area contributed by atoms with Gasteiger partial charge in [0.2, 0.25) is 5.90 Å². The van der Waals surface area contributed by atoms with Crippen LogP contribution in [0.4, 0.5) is 13.2 Å². The summed E-state index contributed by atoms with van der Waals surface area (Å²) in [5.74, 6) is -0.991. The fourth-order valence-electron chi connectivity index (χ4n) is 2.07. The number of carboxylic acids is 1. The molecule has 0 aliphatic heterocycles. The number of halogens is 3. The van der Waals surface area contributed by atoms with Gasteiger partial charge in [-0.15, -0.1) is 0 Å². The number of alkyl halides is 3. The summed E-state index contributed by atoms with van der Waals surface area (Å²) in [6, 6.07) is 10.1. The summed E-state index contributed by atoms with van der Waals surface area (Å²) in [4.78, 5) is 15.0. The lowest BCUT2D eigenvalue weighted by Gasteiger charge is -2.12. The van der Waals surface area contributed by atoms with Crippen LogP contribution in [0.3, 0.4) is 0 Å². The number of nitrogens with zero attached hydrogens (tertiary/aromatic N) is 1. The van der Waals surface area contributed by atoms with Gasteiger partial charge in [-0.25, -0.2) is 9.79 Å². The number of methoxy groups -OCH3 is 1. The van der Waals surface area contributed by atoms with Crippen LogP contribution in [-0.2, 0) is 10.9 Å². The van der Waals surface area contributed by atoms with Crippen molar-refractivity contribution in [2.75, 3.05) is 7.11 Å². The molecule has 2 aromatic rings. The van der Waals surface area contributed by atoms with E-state index < -0.39 is 23.9 Å². The van der Waals surface area contributed by atoms with Gasteiger partial charge in [0.05, 0.1) is 18.2 Å². The zero-order valence-electron chi connectivity index (χ0n) is 13.1. The van der Waals surface area contributed by atoms with Crippen LogP contribution in [0.2, 0.25) is 0 Å². The molecule has 0 spiro atoms. The van der Waals surface area contributed by atoms with E-state index in [0.29, 0.717) is 11.1 Å². The lowest BCUT2D eigenvalue weighted by molar-refractivity contribution is -0.137. The van der Waals surface area contributed by atoms with E-state index in [4.69, 9.17) is 15.6 Å². The fraction of sp³-hybridized carbons (Fsp3) is 0.176. The highest BCUT2D eigenvalue weighted by Crippen LogP contribution is 2.29. The molecule has 0 aliphatic carbocycles. The Balaban J connectivity index is 2.25. The molecular formula is C17H15F3N2O3. The number of rotatable bonds is 4. The second-order valence-corrected chi connectivity index (χ2v) is 5.09. The first-order valence-corrected chi connectivity index (χ1v) is 7.10. The zero-order chi connectivity index (χ0) is 18.6. The highest BCUT2D eigenvalue weighted by molar-refractivity contribution is 5.94. The van der Waals surface area contributed by atoms with Crippen LogP contribution in [0.15, 0.2) is 53.5 Å². The van der Waals surface area contributed by atoms with E-state index in [9.17, 15) is 18.0 Å². The van der Waals surface area contributed by atoms with Crippen LogP contribution in [0.5, 0.6) is 0 Å². The van der Waals surface area contributed by atoms with E-state index in [0.717, 1.165) is 12.1 Å². The second-order valence-electron chi connectivity index (χ2n) is 5.09. The third kappa shape index (κ3) is 4.57. The van der Waals surface area contributed by atoms with E-state index in [1.54, 1.807) is 0 Å². The van der Waals surface area contributed by atoms with E-state index in [2.05, 4.69) is 4.99 Å². The van der Waals surface area contributed by atoms with Gasteiger partial charge < -0.3 is 15.6 Å². The lowest BCUT2D eigenvalue weighted by atomic mass is 10.1. The highest BCUT2D eigenvalue weighted by atomic mass is 19.4. The molecule has 2 rings (SSSR count). The molecule has 0 saturated carbocycles. The van der Waals surface area contributed by atoms with Crippen molar-refractivity contribution in [3.8, 4) is 0 Å². The van der Waals surface area contributed by atoms with Crippen LogP contribution in [-0.4, -0.2) is 24.1 Å². The standard InChI is InChI=1S/C17H15F3N2O3/c1-25-15(11-6-8-13(9-7-11)17(18,19)20)22-14(21)10-2-4-12(5-3-10)16(23)24/h2-9,14H,21H2,1H3,(H,23,24)/b22-15-. The van der Waals surface area contributed by atoms with Crippen LogP contribution >= 0.6 is 0 Å². The Hall–Kier alpha value is -2.87. The van der Waals surface area contributed by atoms with Gasteiger partial charge in [0.25, 0.3) is 0 Å². The number of hydrogen-bond donors (Lipinski definition) is 2. The SMILES string of the molecule is CO/C(=N\C(N)c1ccc(C(=O)O)cc1)c1ccc(C(F)(F)F)cc1. The molecule has 0 aliphatic rings. The summed E-state index contributed by atoms with van der Waals surface area (Å²) in [5.41, 5.74) is 6.14. The van der Waals surface area contributed by atoms with Gasteiger partial charge in [-0.2, -0.15) is 13.2 Å². The van der Waals surface area contributed by atoms with Crippen molar-refractivity contribution >= 4 is 11.9 Å². The van der Waals surface area contributed by atoms with E-state index >= 15 is 0 Å². The minimum atomic E-state index is -4.43. The van der Waals surface area contributed by atoms with Crippen molar-refractivity contribution in [1.29, 1.82) is 0 Å². The number of ether oxygens (including phenoxy) is 1. The molecule has 25 heavy (non-hydrogen) atoms. The van der Waals surface area contributed by atoms with Crippen molar-refractivity contribution < 1.29 is 27.8 Å². The molecule has 0 amide bonds. The number of hydrogen-bond acceptors (Lipinski definition) is 4. The first-order valence-electron chi connectivity index (χ1n) is 7.10. The smallest absolute Gasteiger partial charge is 0.416 e. The largest absolute Gasteiger partial charge is 0.481 e. The Morgan fingerprint density at radius 1 is 1.08 bits per heavy atom. The van der Waals surface area contributed by atoms with Crippen LogP contribution < -0.4 is 5.73 Å². The Morgan fingerprint density at radius 3 is 2.04 bits per heavy atom. The summed E-state index contributed by atoms with van der Waals surface area (Å²) in [7, 11) is 1.33. The van der Waals surface area contributed by atoms with Gasteiger partial charge in [-0.1, -0.05) is 12.1 Å². The molecule has 0 aromatic heterocycles. The van der Waals surface area contributed by atoms with E-state index in [-0.39, 0.29) is 11.5 Å². The molecule has 0 saturated heterocycles. The number of aromatic carboxylic acids is 1. The molecule has 1 unspecified atom stereocenters. The quantitative estimate of drug-likeness (QED) is 0.652. The maximum atomic E-state index is 12.6. The topological polar surface area (TPSA) is 84.9 Å². The van der Waals surface area contributed by atoms with Crippen LogP contribution in [0, 0.1) is 0 Å². The third-order valence-corrected chi connectivity index (χ3v) is 3.41. The van der Waals surface area contributed by atoms with Crippen LogP contribution in [0.25, 0.3) is 0 Å². The lowest BCUT2D eigenvalue weighted by Crippen LogP contribution is -2.14. The van der Waals surface area contributed by atoms with Gasteiger partial charge in [-0.3, -0.25) is 0 Å². The molecule has 0 bridgehead atoms. The van der Waals surface area contributed by atoms with Crippen LogP contribution in [0.1, 0.15) is 33.2 Å². The minimum absolute atomic E-state index is 0.0727. The fourth-order valence-corrected chi connectivity index (χ4v) is 2.07. The molecule has 0 heterocycles. The number of benzene rings is 2. The molecule has 2 aromatic carbocycles. The molecule has 8 heteroatoms. The zero-order valence-corrected chi connectivity index (χ0v) is 13.1. The monoisotopic (exact) mass is 352 g/mol. The summed E-state index contributed by atoms with van der Waals surface area (Å²) in [6.45, 7) is 0. The second kappa shape index (κ2) is 7.35. The molecule has 1 atom stereocenters. The van der Waals surface area contributed by atoms with Gasteiger partial charge in [0.15, 0.2) is 0 Å². The maximum Gasteiger partial charge on any atom is 0.416 e. The third-order valence-electron chi connectivity index (χ3n) is 3.41. The number of carboxylic acid groups (broad SMARTS) is 1. The average molecular weight is 352 g/mol. The molecule has 0 radical (unpaired) electrons. The van der Waals surface area contributed by atoms with Gasteiger partial charge in [-0.05, 0) is 42.0 Å². The Morgan fingerprint density at radius 2 is 1.60 bits per heavy atom. The van der Waals surface area contributed by atoms with Gasteiger partial charge in [0, 0.05) is 5.56 Å². The average Bonchev–Trinajstić information content (AvgIpc) is 2.59. The Kier molecular flexibility index (Phi) is 5.43. The highest BCUT2D eigenvalue weighted by Gasteiger charge is 2.30. The van der Waals surface area contributed by atoms with Crippen molar-refractivity contribution in [2.24, 2.45) is 10.7 Å². The Labute approximate surface area is 141 Å². The molecule has 0 fully saturated rings. The van der Waals surface area contributed by atoms with Gasteiger partial charge in [0.1, 0.15) is 6.17 Å². The summed E-state index contributed by atoms with van der Waals surface area (Å²) in [6.07, 6.45) is -5.29. The first-order chi connectivity index (χ1) is 11.7. The van der Waals surface area contributed by atoms with Crippen molar-refractivity contribution in [1.82, 2.24) is 0 Å². The number of aliphatic imine (C=N–C) groups is 1. The minimum Gasteiger partial charge on any atom is -0.481 e. The van der Waals surface area contributed by atoms with Crippen molar-refractivity contribution in [3.63, 3.8) is 0 Å². The summed E-state index contributed by atoms with van der Waals surface area (Å²) in [5, 5.41) is 8.87. The van der Waals surface area contributed by atoms with Gasteiger partial charge >= 0.3 is 12.1 Å². The number of nitrogens with two attached hydrogens (primary N) is 1. The molecular weight excluding hydrogens is 337 g/mol. The number of carbonyl (C=O) groups is 1. The summed E-state index contributed by atoms with van der Waals surface area (Å²) >= 11 is 0. The molecule has 132 valence electrons. The van der Waals surface area contributed by atoms with Crippen molar-refractivity contribution in [3.05, 3.63) is 70.8 Å². The Bertz CT molecular complexity index is 769. The predicted octanol–water partition coefficient (Wildman–Crippen LogP) is 3.45. The van der Waals surface area contributed by atoms with E-state index in [1.165, 1.54) is 43.5 Å². The molecule has 3 N–H and O–H groups in total. The predicted molar refractivity (Wildman–Crippen MR) is 85.3 cm³/mol. The van der Waals surface area contributed by atoms with E-state index in [1.807, 2.05) is 0 Å². The van der Waals surface area contributed by atoms with Crippen molar-refractivity contribution in [2.45, 2.75) is 12.3 Å². The molecule has 5 nitrogen and oxygen atoms in total. The summed E-state index contributed by atoms with van der Waals surface area (Å²) < 4.78 is 42.9. The normalized spacial score (nSPS) is 13.4. The first kappa shape index (κ1) is 18.5.